The van der Waals surface area contributed by atoms with Gasteiger partial charge in [-0.25, -0.2) is 4.98 Å². The van der Waals surface area contributed by atoms with Crippen LogP contribution in [0.5, 0.6) is 0 Å². The van der Waals surface area contributed by atoms with Gasteiger partial charge in [-0.3, -0.25) is 0 Å². The van der Waals surface area contributed by atoms with Crippen LogP contribution in [-0.4, -0.2) is 4.98 Å². The van der Waals surface area contributed by atoms with E-state index in [0.29, 0.717) is 5.89 Å². The number of para-hydroxylation sites is 1. The topological polar surface area (TPSA) is 42.4 Å². The van der Waals surface area contributed by atoms with Crippen LogP contribution in [0.3, 0.4) is 0 Å². The van der Waals surface area contributed by atoms with Crippen molar-refractivity contribution in [3.63, 3.8) is 0 Å². The van der Waals surface area contributed by atoms with Gasteiger partial charge in [-0.2, -0.15) is 0 Å². The smallest absolute Gasteiger partial charge is 0.227 e. The van der Waals surface area contributed by atoms with Crippen LogP contribution in [0.15, 0.2) is 167 Å². The Morgan fingerprint density at radius 1 is 0.460 bits per heavy atom. The van der Waals surface area contributed by atoms with E-state index < -0.39 is 0 Å². The highest BCUT2D eigenvalue weighted by Gasteiger charge is 2.19. The van der Waals surface area contributed by atoms with Crippen molar-refractivity contribution in [3.8, 4) is 11.5 Å². The summed E-state index contributed by atoms with van der Waals surface area (Å²) in [4.78, 5) is 7.27. The van der Waals surface area contributed by atoms with E-state index in [9.17, 15) is 0 Å². The van der Waals surface area contributed by atoms with Crippen LogP contribution in [0, 0.1) is 0 Å². The maximum Gasteiger partial charge on any atom is 0.227 e. The van der Waals surface area contributed by atoms with Crippen LogP contribution in [0.1, 0.15) is 0 Å². The average molecular weight is 659 g/mol. The van der Waals surface area contributed by atoms with E-state index in [0.717, 1.165) is 77.2 Å². The molecule has 0 unspecified atom stereocenters. The molecule has 0 N–H and O–H groups in total. The average Bonchev–Trinajstić information content (AvgIpc) is 3.88. The lowest BCUT2D eigenvalue weighted by Gasteiger charge is -2.26. The number of benzene rings is 8. The van der Waals surface area contributed by atoms with Gasteiger partial charge in [-0.15, -0.1) is 11.3 Å². The maximum atomic E-state index is 6.57. The van der Waals surface area contributed by atoms with Gasteiger partial charge < -0.3 is 13.7 Å². The summed E-state index contributed by atoms with van der Waals surface area (Å²) in [6, 6.07) is 55.7. The van der Waals surface area contributed by atoms with Crippen molar-refractivity contribution in [2.75, 3.05) is 4.90 Å². The van der Waals surface area contributed by atoms with E-state index in [2.05, 4.69) is 120 Å². The second kappa shape index (κ2) is 10.5. The van der Waals surface area contributed by atoms with Gasteiger partial charge >= 0.3 is 0 Å². The molecule has 5 heteroatoms. The van der Waals surface area contributed by atoms with Crippen LogP contribution in [0.4, 0.5) is 17.1 Å². The number of hydrogen-bond donors (Lipinski definition) is 0. The normalized spacial score (nSPS) is 12.0. The van der Waals surface area contributed by atoms with E-state index in [1.165, 1.54) is 20.2 Å². The Morgan fingerprint density at radius 2 is 1.10 bits per heavy atom. The fraction of sp³-hybridized carbons (Fsp3) is 0. The number of rotatable bonds is 4. The molecule has 0 spiro atoms. The lowest BCUT2D eigenvalue weighted by molar-refractivity contribution is 0.623. The Hall–Kier alpha value is -6.43. The molecule has 0 radical (unpaired) electrons. The summed E-state index contributed by atoms with van der Waals surface area (Å²) in [7, 11) is 0. The summed E-state index contributed by atoms with van der Waals surface area (Å²) in [5.74, 6) is 0.625. The maximum absolute atomic E-state index is 6.57. The quantitative estimate of drug-likeness (QED) is 0.177. The van der Waals surface area contributed by atoms with Gasteiger partial charge in [0, 0.05) is 59.0 Å². The number of anilines is 3. The minimum atomic E-state index is 0.625. The minimum absolute atomic E-state index is 0.625. The van der Waals surface area contributed by atoms with Gasteiger partial charge in [0.15, 0.2) is 5.58 Å². The molecule has 0 aliphatic heterocycles. The van der Waals surface area contributed by atoms with Crippen LogP contribution >= 0.6 is 11.3 Å². The van der Waals surface area contributed by atoms with E-state index >= 15 is 0 Å². The third-order valence-electron chi connectivity index (χ3n) is 9.85. The number of furan rings is 1. The molecular weight excluding hydrogens is 633 g/mol. The molecule has 0 amide bonds. The number of nitrogens with zero attached hydrogens (tertiary/aromatic N) is 2. The van der Waals surface area contributed by atoms with Gasteiger partial charge in [0.2, 0.25) is 5.89 Å². The summed E-state index contributed by atoms with van der Waals surface area (Å²) in [6.45, 7) is 0. The zero-order valence-corrected chi connectivity index (χ0v) is 27.4. The first kappa shape index (κ1) is 27.5. The summed E-state index contributed by atoms with van der Waals surface area (Å²) >= 11 is 1.84. The first-order valence-electron chi connectivity index (χ1n) is 16.7. The van der Waals surface area contributed by atoms with Crippen LogP contribution < -0.4 is 4.90 Å². The minimum Gasteiger partial charge on any atom is -0.456 e. The number of fused-ring (bicyclic) bond motifs is 11. The van der Waals surface area contributed by atoms with Crippen molar-refractivity contribution in [2.24, 2.45) is 0 Å². The first-order valence-corrected chi connectivity index (χ1v) is 17.5. The molecule has 3 heterocycles. The number of thiophene rings is 1. The molecule has 8 aromatic carbocycles. The second-order valence-electron chi connectivity index (χ2n) is 12.8. The molecule has 11 aromatic rings. The summed E-state index contributed by atoms with van der Waals surface area (Å²) < 4.78 is 15.4. The molecular formula is C45H26N2O2S. The fourth-order valence-corrected chi connectivity index (χ4v) is 8.59. The van der Waals surface area contributed by atoms with E-state index in [1.54, 1.807) is 0 Å². The van der Waals surface area contributed by atoms with Gasteiger partial charge in [-0.05, 0) is 95.0 Å². The van der Waals surface area contributed by atoms with Gasteiger partial charge in [0.1, 0.15) is 16.7 Å². The van der Waals surface area contributed by atoms with E-state index in [4.69, 9.17) is 13.8 Å². The first-order chi connectivity index (χ1) is 24.7. The Kier molecular flexibility index (Phi) is 5.80. The molecule has 0 bridgehead atoms. The van der Waals surface area contributed by atoms with E-state index in [1.807, 2.05) is 53.8 Å². The summed E-state index contributed by atoms with van der Waals surface area (Å²) in [6.07, 6.45) is 0. The predicted molar refractivity (Wildman–Crippen MR) is 209 cm³/mol. The highest BCUT2D eigenvalue weighted by molar-refractivity contribution is 7.25. The number of oxazole rings is 1. The van der Waals surface area contributed by atoms with Gasteiger partial charge in [0.05, 0.1) is 0 Å². The SMILES string of the molecule is c1ccc(-c2nc3ccc4ccc5ccc(N(c6ccc7oc8ccccc8c7c6)c6ccc7sc8ccccc8c7c6)cc5c4c3o2)cc1. The van der Waals surface area contributed by atoms with Crippen LogP contribution in [0.25, 0.3) is 86.2 Å². The third kappa shape index (κ3) is 4.14. The van der Waals surface area contributed by atoms with Crippen molar-refractivity contribution in [1.29, 1.82) is 0 Å². The Morgan fingerprint density at radius 3 is 2.00 bits per heavy atom. The highest BCUT2D eigenvalue weighted by atomic mass is 32.1. The Labute approximate surface area is 290 Å². The predicted octanol–water partition coefficient (Wildman–Crippen LogP) is 13.5. The molecule has 0 atom stereocenters. The highest BCUT2D eigenvalue weighted by Crippen LogP contribution is 2.44. The second-order valence-corrected chi connectivity index (χ2v) is 13.8. The van der Waals surface area contributed by atoms with Crippen molar-refractivity contribution in [2.45, 2.75) is 0 Å². The molecule has 234 valence electrons. The molecule has 0 aliphatic carbocycles. The number of aromatic nitrogens is 1. The van der Waals surface area contributed by atoms with Gasteiger partial charge in [0.25, 0.3) is 0 Å². The fourth-order valence-electron chi connectivity index (χ4n) is 7.51. The van der Waals surface area contributed by atoms with Gasteiger partial charge in [-0.1, -0.05) is 78.9 Å². The van der Waals surface area contributed by atoms with Crippen LogP contribution in [-0.2, 0) is 0 Å². The van der Waals surface area contributed by atoms with Crippen molar-refractivity contribution in [1.82, 2.24) is 4.98 Å². The molecule has 4 nitrogen and oxygen atoms in total. The summed E-state index contributed by atoms with van der Waals surface area (Å²) in [5.41, 5.74) is 7.56. The largest absolute Gasteiger partial charge is 0.456 e. The molecule has 0 saturated carbocycles. The molecule has 3 aromatic heterocycles. The van der Waals surface area contributed by atoms with Crippen molar-refractivity contribution < 1.29 is 8.83 Å². The standard InChI is InChI=1S/C45H26N2O2S/c1-2-8-29(9-3-1)45-46-38-21-17-28-15-14-27-16-18-30(24-35(27)43(28)44(38)49-45)47(31-19-22-40-36(25-31)33-10-4-6-12-39(33)48-40)32-20-23-42-37(26-32)34-11-5-7-13-41(34)50-42/h1-26H. The van der Waals surface area contributed by atoms with Crippen LogP contribution in [0.2, 0.25) is 0 Å². The lowest BCUT2D eigenvalue weighted by Crippen LogP contribution is -2.09. The third-order valence-corrected chi connectivity index (χ3v) is 11.0. The molecule has 0 saturated heterocycles. The monoisotopic (exact) mass is 658 g/mol. The zero-order chi connectivity index (χ0) is 32.8. The zero-order valence-electron chi connectivity index (χ0n) is 26.6. The Balaban J connectivity index is 1.18. The molecule has 0 fully saturated rings. The number of hydrogen-bond acceptors (Lipinski definition) is 5. The molecule has 11 rings (SSSR count). The summed E-state index contributed by atoms with van der Waals surface area (Å²) in [5, 5.41) is 9.16. The van der Waals surface area contributed by atoms with Crippen molar-refractivity contribution in [3.05, 3.63) is 158 Å². The molecule has 50 heavy (non-hydrogen) atoms. The lowest BCUT2D eigenvalue weighted by atomic mass is 10.00. The Bertz CT molecular complexity index is 3000. The molecule has 0 aliphatic rings. The van der Waals surface area contributed by atoms with E-state index in [-0.39, 0.29) is 0 Å². The van der Waals surface area contributed by atoms with Crippen molar-refractivity contribution >= 4 is 103 Å².